The number of benzene rings is 1. The van der Waals surface area contributed by atoms with Crippen molar-refractivity contribution in [3.8, 4) is 5.75 Å². The average Bonchev–Trinajstić information content (AvgIpc) is 2.63. The van der Waals surface area contributed by atoms with E-state index in [0.29, 0.717) is 5.82 Å². The van der Waals surface area contributed by atoms with E-state index in [2.05, 4.69) is 16.0 Å². The van der Waals surface area contributed by atoms with E-state index in [1.54, 1.807) is 25.4 Å². The molecule has 2 heterocycles. The molecule has 1 saturated heterocycles. The summed E-state index contributed by atoms with van der Waals surface area (Å²) in [6, 6.07) is 11.3. The maximum absolute atomic E-state index is 11.3. The first-order valence-corrected chi connectivity index (χ1v) is 7.96. The number of carboxylic acids is 1. The van der Waals surface area contributed by atoms with Crippen LogP contribution in [-0.4, -0.2) is 54.2 Å². The van der Waals surface area contributed by atoms with E-state index in [0.717, 1.165) is 44.0 Å². The number of methoxy groups -OCH3 is 1. The van der Waals surface area contributed by atoms with Crippen LogP contribution in [0.4, 0.5) is 5.82 Å². The van der Waals surface area contributed by atoms with Gasteiger partial charge in [0.2, 0.25) is 0 Å². The maximum Gasteiger partial charge on any atom is 0.339 e. The van der Waals surface area contributed by atoms with Crippen molar-refractivity contribution >= 4 is 11.8 Å². The molecule has 6 nitrogen and oxygen atoms in total. The Kier molecular flexibility index (Phi) is 4.96. The molecule has 1 fully saturated rings. The standard InChI is InChI=1S/C18H21N3O3/c1-24-16-7-3-2-5-14(16)13-20-9-11-21(12-10-20)17-15(18(22)23)6-4-8-19-17/h2-8H,9-13H2,1H3,(H,22,23). The smallest absolute Gasteiger partial charge is 0.339 e. The van der Waals surface area contributed by atoms with E-state index in [-0.39, 0.29) is 5.56 Å². The number of ether oxygens (including phenoxy) is 1. The van der Waals surface area contributed by atoms with E-state index in [4.69, 9.17) is 4.74 Å². The molecule has 0 aliphatic carbocycles. The summed E-state index contributed by atoms with van der Waals surface area (Å²) in [5, 5.41) is 9.31. The largest absolute Gasteiger partial charge is 0.496 e. The van der Waals surface area contributed by atoms with Gasteiger partial charge in [-0.25, -0.2) is 9.78 Å². The third-order valence-electron chi connectivity index (χ3n) is 4.28. The zero-order valence-corrected chi connectivity index (χ0v) is 13.7. The second kappa shape index (κ2) is 7.31. The highest BCUT2D eigenvalue weighted by molar-refractivity contribution is 5.93. The lowest BCUT2D eigenvalue weighted by Crippen LogP contribution is -2.46. The van der Waals surface area contributed by atoms with Crippen molar-refractivity contribution in [2.75, 3.05) is 38.2 Å². The Bertz CT molecular complexity index is 712. The van der Waals surface area contributed by atoms with Gasteiger partial charge in [0.25, 0.3) is 0 Å². The van der Waals surface area contributed by atoms with Crippen LogP contribution in [0.2, 0.25) is 0 Å². The van der Waals surface area contributed by atoms with Crippen molar-refractivity contribution in [3.63, 3.8) is 0 Å². The molecule has 1 N–H and O–H groups in total. The Morgan fingerprint density at radius 2 is 1.92 bits per heavy atom. The van der Waals surface area contributed by atoms with Crippen molar-refractivity contribution in [1.82, 2.24) is 9.88 Å². The van der Waals surface area contributed by atoms with Crippen molar-refractivity contribution in [1.29, 1.82) is 0 Å². The van der Waals surface area contributed by atoms with Crippen LogP contribution in [0.5, 0.6) is 5.75 Å². The summed E-state index contributed by atoms with van der Waals surface area (Å²) in [6.45, 7) is 4.05. The fourth-order valence-electron chi connectivity index (χ4n) is 3.01. The van der Waals surface area contributed by atoms with Gasteiger partial charge in [-0.15, -0.1) is 0 Å². The summed E-state index contributed by atoms with van der Waals surface area (Å²) in [5.74, 6) is 0.523. The maximum atomic E-state index is 11.3. The fourth-order valence-corrected chi connectivity index (χ4v) is 3.01. The van der Waals surface area contributed by atoms with Crippen molar-refractivity contribution in [3.05, 3.63) is 53.7 Å². The van der Waals surface area contributed by atoms with E-state index in [1.165, 1.54) is 0 Å². The number of piperazine rings is 1. The second-order valence-electron chi connectivity index (χ2n) is 5.75. The Hall–Kier alpha value is -2.60. The number of carbonyl (C=O) groups is 1. The molecule has 6 heteroatoms. The molecular formula is C18H21N3O3. The minimum Gasteiger partial charge on any atom is -0.496 e. The van der Waals surface area contributed by atoms with Gasteiger partial charge >= 0.3 is 5.97 Å². The number of hydrogen-bond acceptors (Lipinski definition) is 5. The molecule has 1 aliphatic rings. The van der Waals surface area contributed by atoms with Gasteiger partial charge in [-0.3, -0.25) is 4.90 Å². The SMILES string of the molecule is COc1ccccc1CN1CCN(c2ncccc2C(=O)O)CC1. The van der Waals surface area contributed by atoms with E-state index >= 15 is 0 Å². The predicted molar refractivity (Wildman–Crippen MR) is 91.7 cm³/mol. The lowest BCUT2D eigenvalue weighted by atomic mass is 10.1. The fraction of sp³-hybridized carbons (Fsp3) is 0.333. The molecule has 0 bridgehead atoms. The Balaban J connectivity index is 1.65. The molecule has 0 spiro atoms. The number of anilines is 1. The van der Waals surface area contributed by atoms with Crippen LogP contribution in [0.3, 0.4) is 0 Å². The number of aromatic nitrogens is 1. The highest BCUT2D eigenvalue weighted by Gasteiger charge is 2.22. The highest BCUT2D eigenvalue weighted by atomic mass is 16.5. The first-order valence-electron chi connectivity index (χ1n) is 7.96. The average molecular weight is 327 g/mol. The molecule has 24 heavy (non-hydrogen) atoms. The number of carboxylic acid groups (broad SMARTS) is 1. The van der Waals surface area contributed by atoms with Gasteiger partial charge < -0.3 is 14.7 Å². The normalized spacial score (nSPS) is 15.3. The number of hydrogen-bond donors (Lipinski definition) is 1. The molecule has 126 valence electrons. The number of para-hydroxylation sites is 1. The molecule has 1 aromatic heterocycles. The molecule has 2 aromatic rings. The Labute approximate surface area is 141 Å². The van der Waals surface area contributed by atoms with E-state index in [9.17, 15) is 9.90 Å². The van der Waals surface area contributed by atoms with Gasteiger partial charge in [0.15, 0.2) is 0 Å². The second-order valence-corrected chi connectivity index (χ2v) is 5.75. The molecule has 3 rings (SSSR count). The summed E-state index contributed by atoms with van der Waals surface area (Å²) < 4.78 is 5.41. The van der Waals surface area contributed by atoms with Crippen LogP contribution in [0, 0.1) is 0 Å². The summed E-state index contributed by atoms with van der Waals surface area (Å²) >= 11 is 0. The monoisotopic (exact) mass is 327 g/mol. The highest BCUT2D eigenvalue weighted by Crippen LogP contribution is 2.22. The zero-order chi connectivity index (χ0) is 16.9. The molecule has 0 saturated carbocycles. The van der Waals surface area contributed by atoms with Crippen LogP contribution in [0.15, 0.2) is 42.6 Å². The first-order chi connectivity index (χ1) is 11.7. The number of pyridine rings is 1. The summed E-state index contributed by atoms with van der Waals surface area (Å²) in [7, 11) is 1.69. The van der Waals surface area contributed by atoms with Gasteiger partial charge in [-0.2, -0.15) is 0 Å². The van der Waals surface area contributed by atoms with Crippen LogP contribution in [0.1, 0.15) is 15.9 Å². The molecular weight excluding hydrogens is 306 g/mol. The van der Waals surface area contributed by atoms with Gasteiger partial charge in [-0.05, 0) is 18.2 Å². The van der Waals surface area contributed by atoms with Gasteiger partial charge in [0.1, 0.15) is 17.1 Å². The van der Waals surface area contributed by atoms with Crippen LogP contribution < -0.4 is 9.64 Å². The van der Waals surface area contributed by atoms with Gasteiger partial charge in [0.05, 0.1) is 7.11 Å². The number of nitrogens with zero attached hydrogens (tertiary/aromatic N) is 3. The lowest BCUT2D eigenvalue weighted by molar-refractivity contribution is 0.0697. The number of rotatable bonds is 5. The topological polar surface area (TPSA) is 65.9 Å². The van der Waals surface area contributed by atoms with Crippen molar-refractivity contribution in [2.24, 2.45) is 0 Å². The quantitative estimate of drug-likeness (QED) is 0.907. The molecule has 0 radical (unpaired) electrons. The third-order valence-corrected chi connectivity index (χ3v) is 4.28. The molecule has 0 unspecified atom stereocenters. The summed E-state index contributed by atoms with van der Waals surface area (Å²) in [4.78, 5) is 20.0. The zero-order valence-electron chi connectivity index (χ0n) is 13.7. The molecule has 0 amide bonds. The number of aromatic carboxylic acids is 1. The summed E-state index contributed by atoms with van der Waals surface area (Å²) in [6.07, 6.45) is 1.64. The predicted octanol–water partition coefficient (Wildman–Crippen LogP) is 2.11. The van der Waals surface area contributed by atoms with Crippen LogP contribution in [-0.2, 0) is 6.54 Å². The third kappa shape index (κ3) is 3.49. The molecule has 1 aromatic carbocycles. The Morgan fingerprint density at radius 3 is 2.62 bits per heavy atom. The van der Waals surface area contributed by atoms with Crippen LogP contribution >= 0.6 is 0 Å². The summed E-state index contributed by atoms with van der Waals surface area (Å²) in [5.41, 5.74) is 1.42. The Morgan fingerprint density at radius 1 is 1.17 bits per heavy atom. The van der Waals surface area contributed by atoms with E-state index in [1.807, 2.05) is 23.1 Å². The molecule has 0 atom stereocenters. The van der Waals surface area contributed by atoms with Gasteiger partial charge in [-0.1, -0.05) is 18.2 Å². The van der Waals surface area contributed by atoms with E-state index < -0.39 is 5.97 Å². The first kappa shape index (κ1) is 16.3. The van der Waals surface area contributed by atoms with Crippen LogP contribution in [0.25, 0.3) is 0 Å². The lowest BCUT2D eigenvalue weighted by Gasteiger charge is -2.36. The minimum atomic E-state index is -0.936. The van der Waals surface area contributed by atoms with Gasteiger partial charge in [0, 0.05) is 44.5 Å². The van der Waals surface area contributed by atoms with Crippen molar-refractivity contribution in [2.45, 2.75) is 6.54 Å². The minimum absolute atomic E-state index is 0.260. The van der Waals surface area contributed by atoms with Crippen molar-refractivity contribution < 1.29 is 14.6 Å². The molecule has 1 aliphatic heterocycles.